The van der Waals surface area contributed by atoms with E-state index in [0.717, 1.165) is 0 Å². The first-order valence-corrected chi connectivity index (χ1v) is 6.06. The number of nitrogens with zero attached hydrogens (tertiary/aromatic N) is 1. The van der Waals surface area contributed by atoms with Crippen LogP contribution in [0.4, 0.5) is 5.13 Å². The Morgan fingerprint density at radius 2 is 2.29 bits per heavy atom. The molecule has 0 aliphatic carbocycles. The van der Waals surface area contributed by atoms with E-state index in [-0.39, 0.29) is 17.5 Å². The molecule has 94 valence electrons. The second kappa shape index (κ2) is 6.31. The zero-order chi connectivity index (χ0) is 12.8. The van der Waals surface area contributed by atoms with Gasteiger partial charge in [-0.3, -0.25) is 9.59 Å². The van der Waals surface area contributed by atoms with Crippen LogP contribution in [0.2, 0.25) is 0 Å². The zero-order valence-electron chi connectivity index (χ0n) is 9.69. The minimum absolute atomic E-state index is 0.222. The van der Waals surface area contributed by atoms with Crippen LogP contribution in [0.15, 0.2) is 5.38 Å². The molecule has 2 amide bonds. The van der Waals surface area contributed by atoms with E-state index in [1.165, 1.54) is 18.3 Å². The summed E-state index contributed by atoms with van der Waals surface area (Å²) in [6, 6.07) is 0. The highest BCUT2D eigenvalue weighted by molar-refractivity contribution is 7.14. The maximum atomic E-state index is 11.6. The van der Waals surface area contributed by atoms with Crippen molar-refractivity contribution in [2.45, 2.75) is 26.4 Å². The molecule has 0 aromatic carbocycles. The smallest absolute Gasteiger partial charge is 0.270 e. The number of carbonyl (C=O) groups excluding carboxylic acids is 2. The van der Waals surface area contributed by atoms with Gasteiger partial charge in [0, 0.05) is 18.8 Å². The van der Waals surface area contributed by atoms with Crippen molar-refractivity contribution in [3.8, 4) is 0 Å². The lowest BCUT2D eigenvalue weighted by atomic mass is 10.3. The quantitative estimate of drug-likeness (QED) is 0.720. The minimum Gasteiger partial charge on any atom is -0.393 e. The second-order valence-electron chi connectivity index (χ2n) is 3.61. The van der Waals surface area contributed by atoms with Crippen LogP contribution in [0.1, 0.15) is 30.8 Å². The average molecular weight is 257 g/mol. The Hall–Kier alpha value is -1.47. The number of aliphatic hydroxyl groups is 1. The van der Waals surface area contributed by atoms with E-state index in [4.69, 9.17) is 5.11 Å². The summed E-state index contributed by atoms with van der Waals surface area (Å²) in [5.41, 5.74) is 0.268. The van der Waals surface area contributed by atoms with Gasteiger partial charge in [-0.1, -0.05) is 0 Å². The summed E-state index contributed by atoms with van der Waals surface area (Å²) in [7, 11) is 0. The molecule has 1 rings (SSSR count). The van der Waals surface area contributed by atoms with Crippen molar-refractivity contribution in [1.82, 2.24) is 10.3 Å². The first kappa shape index (κ1) is 13.6. The van der Waals surface area contributed by atoms with Gasteiger partial charge in [-0.15, -0.1) is 11.3 Å². The molecule has 1 aromatic heterocycles. The van der Waals surface area contributed by atoms with Gasteiger partial charge < -0.3 is 15.7 Å². The van der Waals surface area contributed by atoms with Gasteiger partial charge in [0.15, 0.2) is 5.13 Å². The molecule has 0 bridgehead atoms. The third-order valence-corrected chi connectivity index (χ3v) is 2.63. The van der Waals surface area contributed by atoms with Crippen LogP contribution in [-0.2, 0) is 4.79 Å². The van der Waals surface area contributed by atoms with Crippen LogP contribution in [0.3, 0.4) is 0 Å². The molecule has 17 heavy (non-hydrogen) atoms. The summed E-state index contributed by atoms with van der Waals surface area (Å²) >= 11 is 1.19. The third kappa shape index (κ3) is 4.92. The Bertz CT molecular complexity index is 403. The monoisotopic (exact) mass is 257 g/mol. The van der Waals surface area contributed by atoms with Crippen LogP contribution in [0, 0.1) is 0 Å². The number of aliphatic hydroxyl groups excluding tert-OH is 1. The van der Waals surface area contributed by atoms with E-state index in [0.29, 0.717) is 18.1 Å². The third-order valence-electron chi connectivity index (χ3n) is 1.87. The SMILES string of the molecule is CC(=O)Nc1nc(C(=O)NCCC(C)O)cs1. The average Bonchev–Trinajstić information content (AvgIpc) is 2.64. The van der Waals surface area contributed by atoms with E-state index < -0.39 is 6.10 Å². The zero-order valence-corrected chi connectivity index (χ0v) is 10.5. The molecule has 0 saturated heterocycles. The predicted octanol–water partition coefficient (Wildman–Crippen LogP) is 0.602. The number of nitrogens with one attached hydrogen (secondary N) is 2. The number of hydrogen-bond donors (Lipinski definition) is 3. The molecule has 6 nitrogen and oxygen atoms in total. The fraction of sp³-hybridized carbons (Fsp3) is 0.500. The molecule has 1 atom stereocenters. The fourth-order valence-electron chi connectivity index (χ4n) is 1.07. The lowest BCUT2D eigenvalue weighted by molar-refractivity contribution is -0.114. The Balaban J connectivity index is 2.46. The number of aromatic nitrogens is 1. The minimum atomic E-state index is -0.444. The molecule has 1 heterocycles. The summed E-state index contributed by atoms with van der Waals surface area (Å²) in [4.78, 5) is 26.3. The van der Waals surface area contributed by atoms with Crippen molar-refractivity contribution in [2.75, 3.05) is 11.9 Å². The predicted molar refractivity (Wildman–Crippen MR) is 65.0 cm³/mol. The number of carbonyl (C=O) groups is 2. The Morgan fingerprint density at radius 3 is 2.88 bits per heavy atom. The fourth-order valence-corrected chi connectivity index (χ4v) is 1.81. The largest absolute Gasteiger partial charge is 0.393 e. The summed E-state index contributed by atoms with van der Waals surface area (Å²) in [5, 5.41) is 16.1. The lowest BCUT2D eigenvalue weighted by Crippen LogP contribution is -2.26. The molecule has 1 aromatic rings. The topological polar surface area (TPSA) is 91.3 Å². The maximum absolute atomic E-state index is 11.6. The normalized spacial score (nSPS) is 11.9. The van der Waals surface area contributed by atoms with Crippen molar-refractivity contribution in [1.29, 1.82) is 0 Å². The highest BCUT2D eigenvalue weighted by Gasteiger charge is 2.10. The van der Waals surface area contributed by atoms with Gasteiger partial charge in [0.25, 0.3) is 5.91 Å². The molecule has 0 radical (unpaired) electrons. The van der Waals surface area contributed by atoms with Gasteiger partial charge in [0.05, 0.1) is 6.10 Å². The number of anilines is 1. The molecular formula is C10H15N3O3S. The highest BCUT2D eigenvalue weighted by atomic mass is 32.1. The molecule has 0 spiro atoms. The van der Waals surface area contributed by atoms with E-state index in [9.17, 15) is 9.59 Å². The van der Waals surface area contributed by atoms with Gasteiger partial charge in [-0.25, -0.2) is 4.98 Å². The van der Waals surface area contributed by atoms with E-state index in [1.807, 2.05) is 0 Å². The van der Waals surface area contributed by atoms with Gasteiger partial charge in [-0.2, -0.15) is 0 Å². The molecule has 0 saturated carbocycles. The van der Waals surface area contributed by atoms with Gasteiger partial charge in [0.1, 0.15) is 5.69 Å². The molecule has 0 aliphatic heterocycles. The van der Waals surface area contributed by atoms with Gasteiger partial charge in [-0.05, 0) is 13.3 Å². The second-order valence-corrected chi connectivity index (χ2v) is 4.47. The van der Waals surface area contributed by atoms with Crippen molar-refractivity contribution in [3.05, 3.63) is 11.1 Å². The molecule has 1 unspecified atom stereocenters. The Labute approximate surface area is 103 Å². The maximum Gasteiger partial charge on any atom is 0.270 e. The number of amides is 2. The van der Waals surface area contributed by atoms with Gasteiger partial charge >= 0.3 is 0 Å². The summed E-state index contributed by atoms with van der Waals surface area (Å²) in [6.07, 6.45) is 0.0507. The van der Waals surface area contributed by atoms with Crippen LogP contribution in [-0.4, -0.2) is 34.6 Å². The highest BCUT2D eigenvalue weighted by Crippen LogP contribution is 2.14. The summed E-state index contributed by atoms with van der Waals surface area (Å²) in [5.74, 6) is -0.529. The standard InChI is InChI=1S/C10H15N3O3S/c1-6(14)3-4-11-9(16)8-5-17-10(13-8)12-7(2)15/h5-6,14H,3-4H2,1-2H3,(H,11,16)(H,12,13,15). The van der Waals surface area contributed by atoms with Crippen molar-refractivity contribution in [2.24, 2.45) is 0 Å². The first-order valence-electron chi connectivity index (χ1n) is 5.18. The number of hydrogen-bond acceptors (Lipinski definition) is 5. The Morgan fingerprint density at radius 1 is 1.59 bits per heavy atom. The van der Waals surface area contributed by atoms with Crippen LogP contribution < -0.4 is 10.6 Å². The van der Waals surface area contributed by atoms with E-state index >= 15 is 0 Å². The van der Waals surface area contributed by atoms with Crippen LogP contribution >= 0.6 is 11.3 Å². The summed E-state index contributed by atoms with van der Waals surface area (Å²) < 4.78 is 0. The number of thiazole rings is 1. The van der Waals surface area contributed by atoms with Crippen LogP contribution in [0.25, 0.3) is 0 Å². The molecule has 7 heteroatoms. The Kier molecular flexibility index (Phi) is 5.05. The molecule has 0 fully saturated rings. The van der Waals surface area contributed by atoms with Crippen molar-refractivity contribution >= 4 is 28.3 Å². The van der Waals surface area contributed by atoms with Crippen molar-refractivity contribution < 1.29 is 14.7 Å². The molecule has 3 N–H and O–H groups in total. The summed E-state index contributed by atoms with van der Waals surface area (Å²) in [6.45, 7) is 3.43. The first-order chi connectivity index (χ1) is 7.99. The molecule has 0 aliphatic rings. The van der Waals surface area contributed by atoms with E-state index in [2.05, 4.69) is 15.6 Å². The lowest BCUT2D eigenvalue weighted by Gasteiger charge is -2.04. The van der Waals surface area contributed by atoms with Gasteiger partial charge in [0.2, 0.25) is 5.91 Å². The van der Waals surface area contributed by atoms with Crippen molar-refractivity contribution in [3.63, 3.8) is 0 Å². The number of rotatable bonds is 5. The van der Waals surface area contributed by atoms with E-state index in [1.54, 1.807) is 12.3 Å². The molecular weight excluding hydrogens is 242 g/mol. The van der Waals surface area contributed by atoms with Crippen LogP contribution in [0.5, 0.6) is 0 Å².